The number of carbonyl (C=O) groups is 1. The maximum atomic E-state index is 12.4. The molecule has 25 heavy (non-hydrogen) atoms. The van der Waals surface area contributed by atoms with Crippen molar-refractivity contribution in [2.24, 2.45) is 0 Å². The molecule has 2 aromatic carbocycles. The van der Waals surface area contributed by atoms with E-state index in [4.69, 9.17) is 5.73 Å². The molecule has 0 unspecified atom stereocenters. The minimum absolute atomic E-state index is 0.129. The number of hydrogen-bond acceptors (Lipinski definition) is 4. The van der Waals surface area contributed by atoms with E-state index in [9.17, 15) is 4.79 Å². The quantitative estimate of drug-likeness (QED) is 0.749. The number of carbonyl (C=O) groups excluding carboxylic acids is 1. The molecular weight excluding hydrogens is 314 g/mol. The van der Waals surface area contributed by atoms with Gasteiger partial charge in [0, 0.05) is 5.69 Å². The largest absolute Gasteiger partial charge is 0.382 e. The highest BCUT2D eigenvalue weighted by molar-refractivity contribution is 6.05. The summed E-state index contributed by atoms with van der Waals surface area (Å²) in [7, 11) is 0. The average Bonchev–Trinajstić information content (AvgIpc) is 2.97. The van der Waals surface area contributed by atoms with E-state index in [-0.39, 0.29) is 17.4 Å². The molecule has 6 heteroatoms. The zero-order chi connectivity index (χ0) is 17.8. The van der Waals surface area contributed by atoms with E-state index in [2.05, 4.69) is 29.5 Å². The zero-order valence-corrected chi connectivity index (χ0v) is 14.3. The number of nitrogens with one attached hydrogen (secondary N) is 1. The van der Waals surface area contributed by atoms with Crippen molar-refractivity contribution in [3.05, 3.63) is 71.4 Å². The van der Waals surface area contributed by atoms with Gasteiger partial charge in [-0.05, 0) is 29.2 Å². The van der Waals surface area contributed by atoms with E-state index in [0.717, 1.165) is 5.56 Å². The smallest absolute Gasteiger partial charge is 0.280 e. The van der Waals surface area contributed by atoms with Gasteiger partial charge in [-0.15, -0.1) is 5.10 Å². The van der Waals surface area contributed by atoms with Gasteiger partial charge in [-0.3, -0.25) is 4.79 Å². The van der Waals surface area contributed by atoms with E-state index in [0.29, 0.717) is 18.2 Å². The molecule has 0 aliphatic heterocycles. The van der Waals surface area contributed by atoms with E-state index in [1.807, 2.05) is 54.6 Å². The lowest BCUT2D eigenvalue weighted by Crippen LogP contribution is -2.15. The number of nitrogen functional groups attached to an aromatic ring is 1. The number of rotatable bonds is 5. The third-order valence-corrected chi connectivity index (χ3v) is 4.00. The fourth-order valence-electron chi connectivity index (χ4n) is 2.50. The third kappa shape index (κ3) is 3.85. The summed E-state index contributed by atoms with van der Waals surface area (Å²) in [5.74, 6) is 0.326. The first-order valence-corrected chi connectivity index (χ1v) is 8.19. The first-order valence-electron chi connectivity index (χ1n) is 8.19. The molecule has 128 valence electrons. The van der Waals surface area contributed by atoms with Crippen molar-refractivity contribution in [2.45, 2.75) is 26.3 Å². The number of amides is 1. The molecule has 0 saturated carbocycles. The second-order valence-corrected chi connectivity index (χ2v) is 6.20. The van der Waals surface area contributed by atoms with Gasteiger partial charge in [0.15, 0.2) is 11.5 Å². The lowest BCUT2D eigenvalue weighted by atomic mass is 10.0. The Morgan fingerprint density at radius 1 is 1.12 bits per heavy atom. The van der Waals surface area contributed by atoms with Crippen molar-refractivity contribution < 1.29 is 4.79 Å². The molecule has 1 heterocycles. The second kappa shape index (κ2) is 7.17. The molecule has 0 radical (unpaired) electrons. The Balaban J connectivity index is 1.72. The predicted octanol–water partition coefficient (Wildman–Crippen LogP) is 3.28. The Morgan fingerprint density at radius 3 is 2.44 bits per heavy atom. The molecule has 3 aromatic rings. The topological polar surface area (TPSA) is 85.8 Å². The highest BCUT2D eigenvalue weighted by atomic mass is 16.2. The normalized spacial score (nSPS) is 10.8. The zero-order valence-electron chi connectivity index (χ0n) is 14.3. The molecule has 0 atom stereocenters. The van der Waals surface area contributed by atoms with E-state index >= 15 is 0 Å². The summed E-state index contributed by atoms with van der Waals surface area (Å²) < 4.78 is 1.52. The van der Waals surface area contributed by atoms with E-state index in [1.54, 1.807) is 0 Å². The van der Waals surface area contributed by atoms with Gasteiger partial charge < -0.3 is 11.1 Å². The molecule has 0 saturated heterocycles. The highest BCUT2D eigenvalue weighted by Gasteiger charge is 2.17. The fourth-order valence-corrected chi connectivity index (χ4v) is 2.50. The molecular formula is C19H21N5O. The van der Waals surface area contributed by atoms with Crippen molar-refractivity contribution in [1.82, 2.24) is 15.0 Å². The molecule has 0 fully saturated rings. The minimum atomic E-state index is -0.367. The Kier molecular flexibility index (Phi) is 4.79. The summed E-state index contributed by atoms with van der Waals surface area (Å²) in [6.07, 6.45) is 0. The SMILES string of the molecule is CC(C)c1ccc(NC(=O)c2nnn(Cc3ccccc3)c2N)cc1. The molecule has 1 amide bonds. The van der Waals surface area contributed by atoms with Gasteiger partial charge in [0.2, 0.25) is 0 Å². The van der Waals surface area contributed by atoms with Crippen LogP contribution in [-0.4, -0.2) is 20.9 Å². The van der Waals surface area contributed by atoms with Crippen LogP contribution in [-0.2, 0) is 6.54 Å². The van der Waals surface area contributed by atoms with Crippen molar-refractivity contribution in [2.75, 3.05) is 11.1 Å². The van der Waals surface area contributed by atoms with Crippen LogP contribution in [0.4, 0.5) is 11.5 Å². The van der Waals surface area contributed by atoms with E-state index < -0.39 is 0 Å². The maximum absolute atomic E-state index is 12.4. The Bertz CT molecular complexity index is 853. The molecule has 0 bridgehead atoms. The van der Waals surface area contributed by atoms with Crippen LogP contribution in [0.25, 0.3) is 0 Å². The fraction of sp³-hybridized carbons (Fsp3) is 0.211. The molecule has 3 N–H and O–H groups in total. The van der Waals surface area contributed by atoms with Gasteiger partial charge in [-0.1, -0.05) is 61.5 Å². The van der Waals surface area contributed by atoms with Crippen LogP contribution in [0.5, 0.6) is 0 Å². The minimum Gasteiger partial charge on any atom is -0.382 e. The van der Waals surface area contributed by atoms with Crippen molar-refractivity contribution in [3.8, 4) is 0 Å². The van der Waals surface area contributed by atoms with Crippen LogP contribution in [0.1, 0.15) is 41.4 Å². The lowest BCUT2D eigenvalue weighted by molar-refractivity contribution is 0.102. The van der Waals surface area contributed by atoms with Gasteiger partial charge in [-0.2, -0.15) is 0 Å². The first kappa shape index (κ1) is 16.7. The first-order chi connectivity index (χ1) is 12.0. The van der Waals surface area contributed by atoms with Crippen molar-refractivity contribution in [3.63, 3.8) is 0 Å². The third-order valence-electron chi connectivity index (χ3n) is 4.00. The average molecular weight is 335 g/mol. The number of nitrogens with zero attached hydrogens (tertiary/aromatic N) is 3. The number of aromatic nitrogens is 3. The highest BCUT2D eigenvalue weighted by Crippen LogP contribution is 2.18. The molecule has 0 aliphatic carbocycles. The molecule has 0 spiro atoms. The second-order valence-electron chi connectivity index (χ2n) is 6.20. The van der Waals surface area contributed by atoms with Gasteiger partial charge in [0.05, 0.1) is 6.54 Å². The van der Waals surface area contributed by atoms with E-state index in [1.165, 1.54) is 10.2 Å². The van der Waals surface area contributed by atoms with Crippen LogP contribution in [0.2, 0.25) is 0 Å². The monoisotopic (exact) mass is 335 g/mol. The molecule has 1 aromatic heterocycles. The van der Waals surface area contributed by atoms with Crippen molar-refractivity contribution in [1.29, 1.82) is 0 Å². The van der Waals surface area contributed by atoms with Crippen LogP contribution in [0, 0.1) is 0 Å². The van der Waals surface area contributed by atoms with Crippen LogP contribution in [0.15, 0.2) is 54.6 Å². The van der Waals surface area contributed by atoms with Gasteiger partial charge >= 0.3 is 0 Å². The number of nitrogens with two attached hydrogens (primary N) is 1. The van der Waals surface area contributed by atoms with Crippen LogP contribution in [0.3, 0.4) is 0 Å². The van der Waals surface area contributed by atoms with Gasteiger partial charge in [-0.25, -0.2) is 4.68 Å². The summed E-state index contributed by atoms with van der Waals surface area (Å²) >= 11 is 0. The summed E-state index contributed by atoms with van der Waals surface area (Å²) in [4.78, 5) is 12.4. The summed E-state index contributed by atoms with van der Waals surface area (Å²) in [6, 6.07) is 17.5. The summed E-state index contributed by atoms with van der Waals surface area (Å²) in [5.41, 5.74) is 9.13. The predicted molar refractivity (Wildman–Crippen MR) is 98.5 cm³/mol. The number of hydrogen-bond donors (Lipinski definition) is 2. The Morgan fingerprint density at radius 2 is 1.80 bits per heavy atom. The number of anilines is 2. The standard InChI is InChI=1S/C19H21N5O/c1-13(2)15-8-10-16(11-9-15)21-19(25)17-18(20)24(23-22-17)12-14-6-4-3-5-7-14/h3-11,13H,12,20H2,1-2H3,(H,21,25). The Hall–Kier alpha value is -3.15. The molecule has 0 aliphatic rings. The Labute approximate surface area is 146 Å². The molecule has 6 nitrogen and oxygen atoms in total. The lowest BCUT2D eigenvalue weighted by Gasteiger charge is -2.08. The van der Waals surface area contributed by atoms with Gasteiger partial charge in [0.1, 0.15) is 0 Å². The summed E-state index contributed by atoms with van der Waals surface area (Å²) in [5, 5.41) is 10.7. The number of benzene rings is 2. The van der Waals surface area contributed by atoms with Crippen LogP contribution < -0.4 is 11.1 Å². The van der Waals surface area contributed by atoms with Crippen LogP contribution >= 0.6 is 0 Å². The molecule has 3 rings (SSSR count). The summed E-state index contributed by atoms with van der Waals surface area (Å²) in [6.45, 7) is 4.72. The maximum Gasteiger partial charge on any atom is 0.280 e. The van der Waals surface area contributed by atoms with Crippen molar-refractivity contribution >= 4 is 17.4 Å². The van der Waals surface area contributed by atoms with Gasteiger partial charge in [0.25, 0.3) is 5.91 Å².